The highest BCUT2D eigenvalue weighted by Gasteiger charge is 2.46. The maximum atomic E-state index is 13.3. The van der Waals surface area contributed by atoms with Crippen LogP contribution < -0.4 is 4.74 Å². The molecule has 0 aliphatic carbocycles. The first-order valence-electron chi connectivity index (χ1n) is 12.3. The normalized spacial score (nSPS) is 16.9. The largest absolute Gasteiger partial charge is 0.507 e. The molecule has 0 radical (unpaired) electrons. The Hall–Kier alpha value is -3.32. The summed E-state index contributed by atoms with van der Waals surface area (Å²) in [4.78, 5) is 30.0. The fourth-order valence-corrected chi connectivity index (χ4v) is 4.88. The number of benzene rings is 3. The van der Waals surface area contributed by atoms with Crippen molar-refractivity contribution in [3.63, 3.8) is 0 Å². The van der Waals surface area contributed by atoms with Crippen LogP contribution in [0.5, 0.6) is 5.75 Å². The maximum absolute atomic E-state index is 13.3. The van der Waals surface area contributed by atoms with Crippen LogP contribution in [-0.2, 0) is 16.2 Å². The van der Waals surface area contributed by atoms with Gasteiger partial charge in [-0.25, -0.2) is 0 Å². The molecule has 1 amide bonds. The third-order valence-electron chi connectivity index (χ3n) is 6.51. The van der Waals surface area contributed by atoms with Crippen molar-refractivity contribution >= 4 is 40.7 Å². The molecule has 1 aliphatic heterocycles. The monoisotopic (exact) mass is 552 g/mol. The number of hydrogen-bond donors (Lipinski definition) is 1. The average molecular weight is 553 g/mol. The fraction of sp³-hybridized carbons (Fsp3) is 0.267. The Bertz CT molecular complexity index is 1370. The lowest BCUT2D eigenvalue weighted by atomic mass is 9.94. The molecule has 8 heteroatoms. The predicted molar refractivity (Wildman–Crippen MR) is 151 cm³/mol. The molecule has 0 unspecified atom stereocenters. The highest BCUT2D eigenvalue weighted by Crippen LogP contribution is 2.41. The van der Waals surface area contributed by atoms with Gasteiger partial charge < -0.3 is 19.6 Å². The number of hydrogen-bond acceptors (Lipinski definition) is 5. The first kappa shape index (κ1) is 27.7. The summed E-state index contributed by atoms with van der Waals surface area (Å²) in [6.07, 6.45) is 0.657. The van der Waals surface area contributed by atoms with Crippen molar-refractivity contribution in [2.24, 2.45) is 0 Å². The topological polar surface area (TPSA) is 70.1 Å². The van der Waals surface area contributed by atoms with Crippen molar-refractivity contribution < 1.29 is 19.4 Å². The Morgan fingerprint density at radius 1 is 1.00 bits per heavy atom. The van der Waals surface area contributed by atoms with Gasteiger partial charge >= 0.3 is 0 Å². The number of amides is 1. The second-order valence-corrected chi connectivity index (χ2v) is 10.4. The van der Waals surface area contributed by atoms with Gasteiger partial charge in [0.1, 0.15) is 18.1 Å². The first-order valence-corrected chi connectivity index (χ1v) is 13.1. The summed E-state index contributed by atoms with van der Waals surface area (Å²) in [5, 5.41) is 12.1. The number of ketones is 1. The van der Waals surface area contributed by atoms with Crippen LogP contribution in [0, 0.1) is 6.92 Å². The number of rotatable bonds is 9. The van der Waals surface area contributed by atoms with Crippen molar-refractivity contribution in [1.29, 1.82) is 0 Å². The molecule has 1 atom stereocenters. The first-order chi connectivity index (χ1) is 18.2. The average Bonchev–Trinajstić information content (AvgIpc) is 3.14. The molecular weight excluding hydrogens is 523 g/mol. The molecule has 3 aromatic carbocycles. The number of likely N-dealkylation sites (tertiary alicyclic amines) is 1. The van der Waals surface area contributed by atoms with E-state index in [1.807, 2.05) is 56.3 Å². The van der Waals surface area contributed by atoms with Crippen LogP contribution in [0.1, 0.15) is 34.7 Å². The molecule has 3 aromatic rings. The summed E-state index contributed by atoms with van der Waals surface area (Å²) in [7, 11) is 3.89. The maximum Gasteiger partial charge on any atom is 0.295 e. The molecule has 0 saturated carbocycles. The Morgan fingerprint density at radius 3 is 2.39 bits per heavy atom. The molecule has 0 spiro atoms. The SMILES string of the molecule is Cc1cc(OCc2ccccc2)ccc1/C(O)=C1\C(=O)C(=O)N(CCCN(C)C)[C@H]1c1ccc(Cl)c(Cl)c1. The van der Waals surface area contributed by atoms with Crippen LogP contribution in [0.15, 0.2) is 72.3 Å². The predicted octanol–water partition coefficient (Wildman–Crippen LogP) is 6.25. The van der Waals surface area contributed by atoms with E-state index in [1.54, 1.807) is 36.4 Å². The van der Waals surface area contributed by atoms with E-state index in [4.69, 9.17) is 27.9 Å². The van der Waals surface area contributed by atoms with Gasteiger partial charge in [-0.05, 0) is 81.0 Å². The smallest absolute Gasteiger partial charge is 0.295 e. The summed E-state index contributed by atoms with van der Waals surface area (Å²) in [6.45, 7) is 3.31. The van der Waals surface area contributed by atoms with E-state index >= 15 is 0 Å². The zero-order valence-electron chi connectivity index (χ0n) is 21.6. The second-order valence-electron chi connectivity index (χ2n) is 9.57. The van der Waals surface area contributed by atoms with Crippen LogP contribution in [-0.4, -0.2) is 53.8 Å². The molecule has 1 aliphatic rings. The standard InChI is InChI=1S/C30H30Cl2N2O4/c1-19-16-22(38-18-20-8-5-4-6-9-20)11-12-23(19)28(35)26-27(21-10-13-24(31)25(32)17-21)34(30(37)29(26)36)15-7-14-33(2)3/h4-6,8-13,16-17,27,35H,7,14-15,18H2,1-3H3/b28-26+/t27-/m0/s1. The van der Waals surface area contributed by atoms with E-state index < -0.39 is 17.7 Å². The lowest BCUT2D eigenvalue weighted by molar-refractivity contribution is -0.139. The molecule has 6 nitrogen and oxygen atoms in total. The summed E-state index contributed by atoms with van der Waals surface area (Å²) in [6, 6.07) is 19.3. The number of nitrogens with zero attached hydrogens (tertiary/aromatic N) is 2. The molecule has 1 heterocycles. The van der Waals surface area contributed by atoms with E-state index in [0.29, 0.717) is 52.1 Å². The summed E-state index contributed by atoms with van der Waals surface area (Å²) in [5.74, 6) is -0.983. The molecule has 0 bridgehead atoms. The molecule has 1 N–H and O–H groups in total. The van der Waals surface area contributed by atoms with Gasteiger partial charge in [0.05, 0.1) is 21.7 Å². The minimum Gasteiger partial charge on any atom is -0.507 e. The van der Waals surface area contributed by atoms with Crippen molar-refractivity contribution in [1.82, 2.24) is 9.80 Å². The van der Waals surface area contributed by atoms with Crippen molar-refractivity contribution in [3.05, 3.63) is 105 Å². The van der Waals surface area contributed by atoms with Crippen molar-refractivity contribution in [2.45, 2.75) is 26.0 Å². The number of ether oxygens (including phenoxy) is 1. The Morgan fingerprint density at radius 2 is 1.74 bits per heavy atom. The number of aliphatic hydroxyl groups is 1. The summed E-state index contributed by atoms with van der Waals surface area (Å²) < 4.78 is 5.91. The molecule has 1 fully saturated rings. The van der Waals surface area contributed by atoms with Crippen LogP contribution in [0.2, 0.25) is 10.0 Å². The molecule has 1 saturated heterocycles. The third-order valence-corrected chi connectivity index (χ3v) is 7.24. The summed E-state index contributed by atoms with van der Waals surface area (Å²) >= 11 is 12.4. The number of carbonyl (C=O) groups is 2. The van der Waals surface area contributed by atoms with Crippen LogP contribution in [0.4, 0.5) is 0 Å². The fourth-order valence-electron chi connectivity index (χ4n) is 4.57. The molecule has 198 valence electrons. The van der Waals surface area contributed by atoms with Gasteiger partial charge in [-0.1, -0.05) is 59.6 Å². The van der Waals surface area contributed by atoms with Gasteiger partial charge in [-0.3, -0.25) is 9.59 Å². The van der Waals surface area contributed by atoms with Crippen LogP contribution in [0.3, 0.4) is 0 Å². The third kappa shape index (κ3) is 6.04. The second kappa shape index (κ2) is 12.0. The molecule has 0 aromatic heterocycles. The van der Waals surface area contributed by atoms with Gasteiger partial charge in [-0.15, -0.1) is 0 Å². The lowest BCUT2D eigenvalue weighted by Crippen LogP contribution is -2.32. The molecule has 38 heavy (non-hydrogen) atoms. The van der Waals surface area contributed by atoms with E-state index in [0.717, 1.165) is 12.1 Å². The van der Waals surface area contributed by atoms with Crippen molar-refractivity contribution in [2.75, 3.05) is 27.2 Å². The van der Waals surface area contributed by atoms with Crippen LogP contribution >= 0.6 is 23.2 Å². The lowest BCUT2D eigenvalue weighted by Gasteiger charge is -2.26. The van der Waals surface area contributed by atoms with Gasteiger partial charge in [0.2, 0.25) is 0 Å². The number of Topliss-reactive ketones (excluding diaryl/α,β-unsaturated/α-hetero) is 1. The highest BCUT2D eigenvalue weighted by molar-refractivity contribution is 6.47. The number of halogens is 2. The molecule has 4 rings (SSSR count). The molecular formula is C30H30Cl2N2O4. The number of aryl methyl sites for hydroxylation is 1. The van der Waals surface area contributed by atoms with E-state index in [2.05, 4.69) is 0 Å². The quantitative estimate of drug-likeness (QED) is 0.193. The zero-order valence-corrected chi connectivity index (χ0v) is 23.1. The van der Waals surface area contributed by atoms with E-state index in [9.17, 15) is 14.7 Å². The van der Waals surface area contributed by atoms with Gasteiger partial charge in [-0.2, -0.15) is 0 Å². The van der Waals surface area contributed by atoms with Gasteiger partial charge in [0.15, 0.2) is 0 Å². The number of carbonyl (C=O) groups excluding carboxylic acids is 2. The Labute approximate surface area is 233 Å². The van der Waals surface area contributed by atoms with Gasteiger partial charge in [0, 0.05) is 12.1 Å². The zero-order chi connectivity index (χ0) is 27.4. The summed E-state index contributed by atoms with van der Waals surface area (Å²) in [5.41, 5.74) is 2.83. The number of aliphatic hydroxyl groups excluding tert-OH is 1. The minimum atomic E-state index is -0.791. The minimum absolute atomic E-state index is 0.0271. The van der Waals surface area contributed by atoms with E-state index in [-0.39, 0.29) is 11.3 Å². The Balaban J connectivity index is 1.70. The van der Waals surface area contributed by atoms with Crippen molar-refractivity contribution in [3.8, 4) is 5.75 Å². The van der Waals surface area contributed by atoms with Crippen LogP contribution in [0.25, 0.3) is 5.76 Å². The van der Waals surface area contributed by atoms with E-state index in [1.165, 1.54) is 4.90 Å². The highest BCUT2D eigenvalue weighted by atomic mass is 35.5. The van der Waals surface area contributed by atoms with Gasteiger partial charge in [0.25, 0.3) is 11.7 Å². The Kier molecular flexibility index (Phi) is 8.77.